The molecule has 4 rings (SSSR count). The highest BCUT2D eigenvalue weighted by Gasteiger charge is 2.15. The fraction of sp³-hybridized carbons (Fsp3) is 0.0625. The van der Waals surface area contributed by atoms with Crippen LogP contribution in [0.3, 0.4) is 0 Å². The fourth-order valence-electron chi connectivity index (χ4n) is 3.71. The Balaban J connectivity index is 1.42. The number of carbonyl (C=O) groups excluding carboxylic acids is 3. The van der Waals surface area contributed by atoms with E-state index in [2.05, 4.69) is 15.8 Å². The third-order valence-electron chi connectivity index (χ3n) is 6.03. The summed E-state index contributed by atoms with van der Waals surface area (Å²) in [6.07, 6.45) is 2.95. The first-order valence-electron chi connectivity index (χ1n) is 13.0. The summed E-state index contributed by atoms with van der Waals surface area (Å²) in [5, 5.41) is 17.4. The Morgan fingerprint density at radius 1 is 0.814 bits per heavy atom. The van der Waals surface area contributed by atoms with E-state index in [1.54, 1.807) is 48.5 Å². The molecule has 0 radical (unpaired) electrons. The molecule has 0 fully saturated rings. The monoisotopic (exact) mass is 577 g/mol. The number of nitrogens with one attached hydrogen (secondary N) is 2. The maximum absolute atomic E-state index is 13.0. The van der Waals surface area contributed by atoms with Crippen LogP contribution < -0.4 is 20.4 Å². The quantitative estimate of drug-likeness (QED) is 0.0688. The summed E-state index contributed by atoms with van der Waals surface area (Å²) in [5.74, 6) is -1.50. The molecule has 0 unspecified atom stereocenters. The summed E-state index contributed by atoms with van der Waals surface area (Å²) in [4.78, 5) is 50.3. The molecule has 0 spiro atoms. The van der Waals surface area contributed by atoms with Crippen molar-refractivity contribution in [1.29, 1.82) is 0 Å². The molecule has 0 aromatic heterocycles. The molecular formula is C32H27N5O6. The van der Waals surface area contributed by atoms with Crippen LogP contribution in [-0.4, -0.2) is 43.0 Å². The third-order valence-corrected chi connectivity index (χ3v) is 6.03. The van der Waals surface area contributed by atoms with Gasteiger partial charge in [0.1, 0.15) is 11.4 Å². The number of anilines is 1. The van der Waals surface area contributed by atoms with Crippen LogP contribution in [0.4, 0.5) is 11.4 Å². The Labute approximate surface area is 247 Å². The molecule has 2 N–H and O–H groups in total. The largest absolute Gasteiger partial charge is 0.423 e. The Hall–Kier alpha value is -6.10. The zero-order valence-electron chi connectivity index (χ0n) is 23.3. The van der Waals surface area contributed by atoms with Crippen LogP contribution in [0, 0.1) is 10.1 Å². The lowest BCUT2D eigenvalue weighted by atomic mass is 10.1. The van der Waals surface area contributed by atoms with Gasteiger partial charge in [-0.15, -0.1) is 0 Å². The number of nitrogens with zero attached hydrogens (tertiary/aromatic N) is 3. The predicted octanol–water partition coefficient (Wildman–Crippen LogP) is 4.80. The van der Waals surface area contributed by atoms with Gasteiger partial charge < -0.3 is 15.0 Å². The molecule has 11 heteroatoms. The van der Waals surface area contributed by atoms with E-state index >= 15 is 0 Å². The fourth-order valence-corrected chi connectivity index (χ4v) is 3.71. The smallest absolute Gasteiger partial charge is 0.343 e. The normalized spacial score (nSPS) is 11.1. The van der Waals surface area contributed by atoms with Gasteiger partial charge in [0.25, 0.3) is 17.5 Å². The van der Waals surface area contributed by atoms with Crippen molar-refractivity contribution in [3.63, 3.8) is 0 Å². The van der Waals surface area contributed by atoms with Gasteiger partial charge in [0.05, 0.1) is 16.7 Å². The second-order valence-corrected chi connectivity index (χ2v) is 9.33. The summed E-state index contributed by atoms with van der Waals surface area (Å²) in [7, 11) is 3.84. The Bertz CT molecular complexity index is 1660. The number of ether oxygens (including phenoxy) is 1. The molecule has 0 heterocycles. The second-order valence-electron chi connectivity index (χ2n) is 9.33. The average molecular weight is 578 g/mol. The topological polar surface area (TPSA) is 143 Å². The van der Waals surface area contributed by atoms with E-state index in [0.29, 0.717) is 16.7 Å². The van der Waals surface area contributed by atoms with E-state index in [9.17, 15) is 24.5 Å². The minimum atomic E-state index is -0.670. The van der Waals surface area contributed by atoms with Gasteiger partial charge in [-0.25, -0.2) is 10.2 Å². The molecule has 216 valence electrons. The first kappa shape index (κ1) is 29.9. The van der Waals surface area contributed by atoms with Crippen LogP contribution >= 0.6 is 0 Å². The van der Waals surface area contributed by atoms with E-state index in [1.807, 2.05) is 43.3 Å². The van der Waals surface area contributed by atoms with Crippen LogP contribution in [0.2, 0.25) is 0 Å². The van der Waals surface area contributed by atoms with Crippen LogP contribution in [0.25, 0.3) is 6.08 Å². The first-order valence-corrected chi connectivity index (χ1v) is 13.0. The van der Waals surface area contributed by atoms with Gasteiger partial charge in [0.15, 0.2) is 0 Å². The Morgan fingerprint density at radius 2 is 1.44 bits per heavy atom. The lowest BCUT2D eigenvalue weighted by Crippen LogP contribution is -2.32. The van der Waals surface area contributed by atoms with Gasteiger partial charge in [-0.3, -0.25) is 19.7 Å². The standard InChI is InChI=1S/C32H27N5O6/c1-36(2)26-14-8-22(9-15-26)20-29(34-30(38)24-6-4-3-5-7-24)31(39)35-33-21-23-10-18-28(19-11-23)43-32(40)25-12-16-27(17-13-25)37(41)42/h3-21H,1-2H3,(H,34,38)(H,35,39)/b29-20+,33-21+. The van der Waals surface area contributed by atoms with Gasteiger partial charge in [-0.05, 0) is 77.9 Å². The summed E-state index contributed by atoms with van der Waals surface area (Å²) < 4.78 is 5.31. The SMILES string of the molecule is CN(C)c1ccc(/C=C(/NC(=O)c2ccccc2)C(=O)N/N=C/c2ccc(OC(=O)c3ccc([N+](=O)[O-])cc3)cc2)cc1. The maximum Gasteiger partial charge on any atom is 0.343 e. The van der Waals surface area contributed by atoms with Crippen LogP contribution in [-0.2, 0) is 4.79 Å². The van der Waals surface area contributed by atoms with Gasteiger partial charge >= 0.3 is 5.97 Å². The molecule has 0 saturated carbocycles. The number of hydrogen-bond acceptors (Lipinski definition) is 8. The molecule has 0 aliphatic heterocycles. The minimum absolute atomic E-state index is 0.00268. The van der Waals surface area contributed by atoms with Crippen LogP contribution in [0.1, 0.15) is 31.8 Å². The number of esters is 1. The predicted molar refractivity (Wildman–Crippen MR) is 163 cm³/mol. The molecule has 43 heavy (non-hydrogen) atoms. The number of hydrazone groups is 1. The molecule has 4 aromatic carbocycles. The highest BCUT2D eigenvalue weighted by atomic mass is 16.6. The number of rotatable bonds is 10. The van der Waals surface area contributed by atoms with E-state index in [4.69, 9.17) is 4.74 Å². The summed E-state index contributed by atoms with van der Waals surface area (Å²) >= 11 is 0. The molecule has 2 amide bonds. The lowest BCUT2D eigenvalue weighted by Gasteiger charge is -2.12. The molecule has 0 saturated heterocycles. The van der Waals surface area contributed by atoms with Crippen LogP contribution in [0.5, 0.6) is 5.75 Å². The van der Waals surface area contributed by atoms with Crippen molar-refractivity contribution in [2.75, 3.05) is 19.0 Å². The van der Waals surface area contributed by atoms with Crippen molar-refractivity contribution in [2.45, 2.75) is 0 Å². The van der Waals surface area contributed by atoms with E-state index in [-0.39, 0.29) is 22.7 Å². The van der Waals surface area contributed by atoms with E-state index in [0.717, 1.165) is 5.69 Å². The Kier molecular flexibility index (Phi) is 9.72. The van der Waals surface area contributed by atoms with E-state index < -0.39 is 22.7 Å². The van der Waals surface area contributed by atoms with Crippen LogP contribution in [0.15, 0.2) is 114 Å². The number of hydrogen-bond donors (Lipinski definition) is 2. The summed E-state index contributed by atoms with van der Waals surface area (Å²) in [6, 6.07) is 27.4. The number of amides is 2. The molecule has 0 aliphatic carbocycles. The van der Waals surface area contributed by atoms with Crippen molar-refractivity contribution in [1.82, 2.24) is 10.7 Å². The van der Waals surface area contributed by atoms with Crippen molar-refractivity contribution >= 4 is 41.4 Å². The van der Waals surface area contributed by atoms with Crippen molar-refractivity contribution in [3.8, 4) is 5.75 Å². The van der Waals surface area contributed by atoms with Gasteiger partial charge in [0, 0.05) is 37.5 Å². The molecule has 4 aromatic rings. The second kappa shape index (κ2) is 14.0. The van der Waals surface area contributed by atoms with Gasteiger partial charge in [0.2, 0.25) is 0 Å². The number of carbonyl (C=O) groups is 3. The van der Waals surface area contributed by atoms with Gasteiger partial charge in [-0.2, -0.15) is 5.10 Å². The van der Waals surface area contributed by atoms with E-state index in [1.165, 1.54) is 42.6 Å². The number of nitro benzene ring substituents is 1. The average Bonchev–Trinajstić information content (AvgIpc) is 3.02. The van der Waals surface area contributed by atoms with Crippen molar-refractivity contribution in [3.05, 3.63) is 141 Å². The summed E-state index contributed by atoms with van der Waals surface area (Å²) in [6.45, 7) is 0. The Morgan fingerprint density at radius 3 is 2.05 bits per heavy atom. The number of nitro groups is 1. The summed E-state index contributed by atoms with van der Waals surface area (Å²) in [5.41, 5.74) is 5.12. The lowest BCUT2D eigenvalue weighted by molar-refractivity contribution is -0.384. The molecular weight excluding hydrogens is 550 g/mol. The van der Waals surface area contributed by atoms with Gasteiger partial charge in [-0.1, -0.05) is 30.3 Å². The van der Waals surface area contributed by atoms with Crippen molar-refractivity contribution in [2.24, 2.45) is 5.10 Å². The zero-order chi connectivity index (χ0) is 30.8. The minimum Gasteiger partial charge on any atom is -0.423 e. The highest BCUT2D eigenvalue weighted by molar-refractivity contribution is 6.05. The highest BCUT2D eigenvalue weighted by Crippen LogP contribution is 2.17. The molecule has 0 atom stereocenters. The molecule has 0 bridgehead atoms. The third kappa shape index (κ3) is 8.44. The number of non-ortho nitro benzene ring substituents is 1. The zero-order valence-corrected chi connectivity index (χ0v) is 23.3. The molecule has 0 aliphatic rings. The molecule has 11 nitrogen and oxygen atoms in total. The number of benzene rings is 4. The van der Waals surface area contributed by atoms with Crippen molar-refractivity contribution < 1.29 is 24.0 Å². The first-order chi connectivity index (χ1) is 20.7. The maximum atomic E-state index is 13.0.